The molecule has 1 aromatic heterocycles. The van der Waals surface area contributed by atoms with Crippen LogP contribution in [0.1, 0.15) is 5.56 Å². The van der Waals surface area contributed by atoms with E-state index in [0.29, 0.717) is 0 Å². The smallest absolute Gasteiger partial charge is 0.0649 e. The van der Waals surface area contributed by atoms with E-state index >= 15 is 0 Å². The Hall–Kier alpha value is -1.20. The van der Waals surface area contributed by atoms with Crippen LogP contribution in [0.25, 0.3) is 10.9 Å². The van der Waals surface area contributed by atoms with E-state index in [1.165, 1.54) is 10.9 Å². The highest BCUT2D eigenvalue weighted by molar-refractivity contribution is 9.09. The van der Waals surface area contributed by atoms with Crippen molar-refractivity contribution >= 4 is 26.8 Å². The van der Waals surface area contributed by atoms with Crippen molar-refractivity contribution in [3.05, 3.63) is 36.0 Å². The molecule has 1 heterocycles. The van der Waals surface area contributed by atoms with Crippen molar-refractivity contribution in [1.82, 2.24) is 4.57 Å². The highest BCUT2D eigenvalue weighted by atomic mass is 79.9. The second-order valence-corrected chi connectivity index (χ2v) is 3.70. The van der Waals surface area contributed by atoms with Crippen molar-refractivity contribution in [3.63, 3.8) is 0 Å². The van der Waals surface area contributed by atoms with Crippen LogP contribution in [0.4, 0.5) is 0 Å². The SMILES string of the molecule is Cn1ccc2cc(C#CCBr)ccc21. The summed E-state index contributed by atoms with van der Waals surface area (Å²) in [6, 6.07) is 8.38. The van der Waals surface area contributed by atoms with E-state index in [4.69, 9.17) is 0 Å². The highest BCUT2D eigenvalue weighted by Crippen LogP contribution is 2.15. The fourth-order valence-corrected chi connectivity index (χ4v) is 1.64. The van der Waals surface area contributed by atoms with Gasteiger partial charge in [0.1, 0.15) is 0 Å². The molecule has 0 spiro atoms. The molecule has 0 aliphatic rings. The van der Waals surface area contributed by atoms with Crippen molar-refractivity contribution in [2.75, 3.05) is 5.33 Å². The lowest BCUT2D eigenvalue weighted by atomic mass is 10.1. The van der Waals surface area contributed by atoms with Crippen LogP contribution >= 0.6 is 15.9 Å². The van der Waals surface area contributed by atoms with Crippen LogP contribution in [0.2, 0.25) is 0 Å². The largest absolute Gasteiger partial charge is 0.351 e. The lowest BCUT2D eigenvalue weighted by molar-refractivity contribution is 0.969. The molecule has 0 unspecified atom stereocenters. The van der Waals surface area contributed by atoms with Crippen molar-refractivity contribution in [2.45, 2.75) is 0 Å². The van der Waals surface area contributed by atoms with E-state index < -0.39 is 0 Å². The third-order valence-corrected chi connectivity index (χ3v) is 2.47. The molecule has 0 atom stereocenters. The molecule has 0 radical (unpaired) electrons. The van der Waals surface area contributed by atoms with Crippen LogP contribution in [-0.4, -0.2) is 9.90 Å². The van der Waals surface area contributed by atoms with E-state index in [0.717, 1.165) is 10.9 Å². The number of aromatic nitrogens is 1. The maximum atomic E-state index is 3.28. The second-order valence-electron chi connectivity index (χ2n) is 3.14. The Morgan fingerprint density at radius 2 is 2.21 bits per heavy atom. The molecule has 2 heteroatoms. The van der Waals surface area contributed by atoms with Gasteiger partial charge in [-0.2, -0.15) is 0 Å². The average molecular weight is 248 g/mol. The first-order valence-corrected chi connectivity index (χ1v) is 5.53. The van der Waals surface area contributed by atoms with Gasteiger partial charge in [-0.05, 0) is 24.3 Å². The normalized spacial score (nSPS) is 9.86. The molecular formula is C12H10BrN. The molecule has 0 saturated heterocycles. The molecule has 14 heavy (non-hydrogen) atoms. The molecule has 1 aromatic carbocycles. The molecule has 0 saturated carbocycles. The van der Waals surface area contributed by atoms with Gasteiger partial charge >= 0.3 is 0 Å². The molecular weight excluding hydrogens is 238 g/mol. The maximum absolute atomic E-state index is 3.28. The molecule has 2 aromatic rings. The molecule has 0 bridgehead atoms. The predicted molar refractivity (Wildman–Crippen MR) is 63.6 cm³/mol. The monoisotopic (exact) mass is 247 g/mol. The fraction of sp³-hybridized carbons (Fsp3) is 0.167. The van der Waals surface area contributed by atoms with Gasteiger partial charge in [0, 0.05) is 29.7 Å². The summed E-state index contributed by atoms with van der Waals surface area (Å²) in [6.07, 6.45) is 2.06. The van der Waals surface area contributed by atoms with Crippen LogP contribution < -0.4 is 0 Å². The lowest BCUT2D eigenvalue weighted by Gasteiger charge is -1.95. The van der Waals surface area contributed by atoms with Crippen LogP contribution in [-0.2, 0) is 7.05 Å². The van der Waals surface area contributed by atoms with E-state index in [-0.39, 0.29) is 0 Å². The summed E-state index contributed by atoms with van der Waals surface area (Å²) in [5.74, 6) is 6.09. The number of hydrogen-bond acceptors (Lipinski definition) is 0. The van der Waals surface area contributed by atoms with Crippen molar-refractivity contribution in [1.29, 1.82) is 0 Å². The van der Waals surface area contributed by atoms with Crippen LogP contribution in [0.5, 0.6) is 0 Å². The maximum Gasteiger partial charge on any atom is 0.0649 e. The number of fused-ring (bicyclic) bond motifs is 1. The Labute approximate surface area is 91.9 Å². The summed E-state index contributed by atoms with van der Waals surface area (Å²) in [5.41, 5.74) is 2.32. The summed E-state index contributed by atoms with van der Waals surface area (Å²) in [7, 11) is 2.05. The molecule has 0 fully saturated rings. The zero-order chi connectivity index (χ0) is 9.97. The van der Waals surface area contributed by atoms with Gasteiger partial charge in [0.2, 0.25) is 0 Å². The Kier molecular flexibility index (Phi) is 2.60. The summed E-state index contributed by atoms with van der Waals surface area (Å²) in [4.78, 5) is 0. The number of aryl methyl sites for hydroxylation is 1. The number of benzene rings is 1. The number of hydrogen-bond donors (Lipinski definition) is 0. The highest BCUT2D eigenvalue weighted by Gasteiger charge is 1.97. The Morgan fingerprint density at radius 3 is 3.00 bits per heavy atom. The first kappa shape index (κ1) is 9.36. The Balaban J connectivity index is 2.52. The van der Waals surface area contributed by atoms with E-state index in [9.17, 15) is 0 Å². The number of halogens is 1. The molecule has 0 N–H and O–H groups in total. The van der Waals surface area contributed by atoms with Gasteiger partial charge in [-0.3, -0.25) is 0 Å². The quantitative estimate of drug-likeness (QED) is 0.499. The predicted octanol–water partition coefficient (Wildman–Crippen LogP) is 2.92. The standard InChI is InChI=1S/C12H10BrN/c1-14-8-6-11-9-10(3-2-7-13)4-5-12(11)14/h4-6,8-9H,7H2,1H3. The minimum Gasteiger partial charge on any atom is -0.351 e. The first-order valence-electron chi connectivity index (χ1n) is 4.41. The van der Waals surface area contributed by atoms with Crippen LogP contribution in [0.15, 0.2) is 30.5 Å². The second kappa shape index (κ2) is 3.89. The summed E-state index contributed by atoms with van der Waals surface area (Å²) >= 11 is 3.28. The topological polar surface area (TPSA) is 4.93 Å². The van der Waals surface area contributed by atoms with Gasteiger partial charge in [0.15, 0.2) is 0 Å². The van der Waals surface area contributed by atoms with Gasteiger partial charge in [-0.25, -0.2) is 0 Å². The lowest BCUT2D eigenvalue weighted by Crippen LogP contribution is -1.83. The minimum atomic E-state index is 0.722. The number of nitrogens with zero attached hydrogens (tertiary/aromatic N) is 1. The van der Waals surface area contributed by atoms with Gasteiger partial charge in [-0.1, -0.05) is 27.8 Å². The number of rotatable bonds is 0. The summed E-state index contributed by atoms with van der Waals surface area (Å²) in [5, 5.41) is 1.97. The summed E-state index contributed by atoms with van der Waals surface area (Å²) in [6.45, 7) is 0. The summed E-state index contributed by atoms with van der Waals surface area (Å²) < 4.78 is 2.11. The minimum absolute atomic E-state index is 0.722. The zero-order valence-electron chi connectivity index (χ0n) is 7.92. The van der Waals surface area contributed by atoms with E-state index in [2.05, 4.69) is 62.8 Å². The van der Waals surface area contributed by atoms with Crippen molar-refractivity contribution in [3.8, 4) is 11.8 Å². The number of alkyl halides is 1. The third-order valence-electron chi connectivity index (χ3n) is 2.18. The van der Waals surface area contributed by atoms with E-state index in [1.807, 2.05) is 7.05 Å². The Morgan fingerprint density at radius 1 is 1.36 bits per heavy atom. The van der Waals surface area contributed by atoms with Crippen molar-refractivity contribution < 1.29 is 0 Å². The fourth-order valence-electron chi connectivity index (χ4n) is 1.49. The molecule has 2 rings (SSSR count). The Bertz CT molecular complexity index is 514. The van der Waals surface area contributed by atoms with Crippen molar-refractivity contribution in [2.24, 2.45) is 7.05 Å². The van der Waals surface area contributed by atoms with Gasteiger partial charge < -0.3 is 4.57 Å². The first-order chi connectivity index (χ1) is 6.81. The van der Waals surface area contributed by atoms with Crippen LogP contribution in [0, 0.1) is 11.8 Å². The zero-order valence-corrected chi connectivity index (χ0v) is 9.51. The van der Waals surface area contributed by atoms with Gasteiger partial charge in [0.25, 0.3) is 0 Å². The molecule has 1 nitrogen and oxygen atoms in total. The molecule has 0 amide bonds. The van der Waals surface area contributed by atoms with E-state index in [1.54, 1.807) is 0 Å². The van der Waals surface area contributed by atoms with Crippen LogP contribution in [0.3, 0.4) is 0 Å². The molecule has 70 valence electrons. The average Bonchev–Trinajstić information content (AvgIpc) is 2.57. The third kappa shape index (κ3) is 1.69. The molecule has 0 aliphatic carbocycles. The van der Waals surface area contributed by atoms with Gasteiger partial charge in [0.05, 0.1) is 5.33 Å². The van der Waals surface area contributed by atoms with Gasteiger partial charge in [-0.15, -0.1) is 0 Å². The molecule has 0 aliphatic heterocycles.